The van der Waals surface area contributed by atoms with E-state index in [-0.39, 0.29) is 6.61 Å². The van der Waals surface area contributed by atoms with Gasteiger partial charge in [0.05, 0.1) is 13.2 Å². The molecule has 0 atom stereocenters. The molecule has 0 radical (unpaired) electrons. The number of unbranched alkanes of at least 4 members (excludes halogenated alkanes) is 13. The molecular weight excluding hydrogens is 332 g/mol. The molecule has 0 saturated heterocycles. The van der Waals surface area contributed by atoms with Gasteiger partial charge in [-0.1, -0.05) is 90.0 Å². The van der Waals surface area contributed by atoms with Crippen LogP contribution in [0.25, 0.3) is 0 Å². The highest BCUT2D eigenvalue weighted by molar-refractivity contribution is 5.89. The summed E-state index contributed by atoms with van der Waals surface area (Å²) in [5.74, 6) is 1.31. The van der Waals surface area contributed by atoms with E-state index in [0.717, 1.165) is 26.2 Å². The van der Waals surface area contributed by atoms with Crippen molar-refractivity contribution in [2.45, 2.75) is 104 Å². The van der Waals surface area contributed by atoms with Crippen LogP contribution in [0.4, 0.5) is 0 Å². The third-order valence-electron chi connectivity index (χ3n) is 5.78. The molecule has 1 aliphatic heterocycles. The maximum atomic E-state index is 9.21. The lowest BCUT2D eigenvalue weighted by atomic mass is 10.0. The molecule has 0 aromatic carbocycles. The molecule has 3 nitrogen and oxygen atoms in total. The smallest absolute Gasteiger partial charge is 0.271 e. The molecule has 0 aromatic heterocycles. The second-order valence-electron chi connectivity index (χ2n) is 8.08. The number of β-amino-alcohol motifs (C(OH)–C–C–N with tert-alkyl or cyclic N) is 1. The number of hydrogen-bond acceptors (Lipinski definition) is 2. The Morgan fingerprint density at radius 3 is 1.93 bits per heavy atom. The first-order chi connectivity index (χ1) is 13.3. The minimum absolute atomic E-state index is 0.244. The van der Waals surface area contributed by atoms with Crippen molar-refractivity contribution in [1.82, 2.24) is 4.90 Å². The van der Waals surface area contributed by atoms with Gasteiger partial charge < -0.3 is 5.11 Å². The highest BCUT2D eigenvalue weighted by Gasteiger charge is 2.26. The van der Waals surface area contributed by atoms with Crippen molar-refractivity contribution >= 4 is 5.84 Å². The molecule has 1 N–H and O–H groups in total. The van der Waals surface area contributed by atoms with Crippen LogP contribution in [0.15, 0.2) is 12.2 Å². The first kappa shape index (κ1) is 24.2. The third-order valence-corrected chi connectivity index (χ3v) is 5.78. The maximum absolute atomic E-state index is 9.21. The van der Waals surface area contributed by atoms with E-state index in [1.165, 1.54) is 95.7 Å². The van der Waals surface area contributed by atoms with Crippen molar-refractivity contribution in [3.63, 3.8) is 0 Å². The van der Waals surface area contributed by atoms with E-state index in [1.807, 2.05) is 0 Å². The molecule has 0 amide bonds. The number of hydrogen-bond donors (Lipinski definition) is 1. The van der Waals surface area contributed by atoms with Crippen molar-refractivity contribution in [2.75, 3.05) is 32.8 Å². The summed E-state index contributed by atoms with van der Waals surface area (Å²) in [5.41, 5.74) is 0. The van der Waals surface area contributed by atoms with E-state index in [9.17, 15) is 5.11 Å². The van der Waals surface area contributed by atoms with Crippen molar-refractivity contribution in [3.8, 4) is 0 Å². The fourth-order valence-electron chi connectivity index (χ4n) is 4.02. The van der Waals surface area contributed by atoms with Crippen molar-refractivity contribution < 1.29 is 9.68 Å². The molecular formula is C24H47N2O+. The molecule has 158 valence electrons. The molecule has 0 saturated carbocycles. The first-order valence-electron chi connectivity index (χ1n) is 12.0. The molecule has 27 heavy (non-hydrogen) atoms. The molecule has 0 spiro atoms. The highest BCUT2D eigenvalue weighted by atomic mass is 16.3. The van der Waals surface area contributed by atoms with E-state index in [1.54, 1.807) is 0 Å². The monoisotopic (exact) mass is 379 g/mol. The van der Waals surface area contributed by atoms with Gasteiger partial charge in [0.2, 0.25) is 0 Å². The van der Waals surface area contributed by atoms with Crippen molar-refractivity contribution in [1.29, 1.82) is 0 Å². The molecule has 1 aliphatic rings. The predicted molar refractivity (Wildman–Crippen MR) is 119 cm³/mol. The van der Waals surface area contributed by atoms with Gasteiger partial charge in [0.1, 0.15) is 19.6 Å². The van der Waals surface area contributed by atoms with Crippen LogP contribution in [0, 0.1) is 0 Å². The Kier molecular flexibility index (Phi) is 15.5. The van der Waals surface area contributed by atoms with Gasteiger partial charge in [-0.2, -0.15) is 0 Å². The summed E-state index contributed by atoms with van der Waals surface area (Å²) >= 11 is 0. The van der Waals surface area contributed by atoms with E-state index in [2.05, 4.69) is 35.5 Å². The predicted octanol–water partition coefficient (Wildman–Crippen LogP) is 5.76. The number of amidine groups is 1. The van der Waals surface area contributed by atoms with Crippen LogP contribution in [-0.4, -0.2) is 53.2 Å². The number of likely N-dealkylation sites (N-methyl/N-ethyl adjacent to an activating group) is 1. The summed E-state index contributed by atoms with van der Waals surface area (Å²) in [6.45, 7) is 8.70. The normalized spacial score (nSPS) is 14.9. The third kappa shape index (κ3) is 11.6. The summed E-state index contributed by atoms with van der Waals surface area (Å²) in [7, 11) is 0. The van der Waals surface area contributed by atoms with Gasteiger partial charge in [-0.15, -0.1) is 0 Å². The van der Waals surface area contributed by atoms with E-state index in [0.29, 0.717) is 0 Å². The summed E-state index contributed by atoms with van der Waals surface area (Å²) in [5, 5.41) is 9.21. The minimum atomic E-state index is 0.244. The lowest BCUT2D eigenvalue weighted by molar-refractivity contribution is -0.519. The van der Waals surface area contributed by atoms with Gasteiger partial charge in [0, 0.05) is 6.08 Å². The Balaban J connectivity index is 1.96. The molecule has 0 aliphatic carbocycles. The zero-order valence-electron chi connectivity index (χ0n) is 18.4. The molecule has 0 unspecified atom stereocenters. The number of allylic oxidation sites excluding steroid dienone is 1. The summed E-state index contributed by atoms with van der Waals surface area (Å²) in [6.07, 6.45) is 24.2. The summed E-state index contributed by atoms with van der Waals surface area (Å²) in [4.78, 5) is 2.41. The quantitative estimate of drug-likeness (QED) is 0.242. The van der Waals surface area contributed by atoms with Gasteiger partial charge >= 0.3 is 0 Å². The SMILES string of the molecule is CCCCCCCCCCCCCCCC=CC1=[N+](CCO)CCN1CC. The molecule has 3 heteroatoms. The van der Waals surface area contributed by atoms with E-state index >= 15 is 0 Å². The lowest BCUT2D eigenvalue weighted by Crippen LogP contribution is -2.28. The van der Waals surface area contributed by atoms with Gasteiger partial charge in [-0.3, -0.25) is 9.48 Å². The summed E-state index contributed by atoms with van der Waals surface area (Å²) in [6, 6.07) is 0. The van der Waals surface area contributed by atoms with Gasteiger partial charge in [0.15, 0.2) is 0 Å². The van der Waals surface area contributed by atoms with Crippen LogP contribution < -0.4 is 0 Å². The van der Waals surface area contributed by atoms with Crippen LogP contribution in [-0.2, 0) is 0 Å². The van der Waals surface area contributed by atoms with Gasteiger partial charge in [-0.25, -0.2) is 0 Å². The molecule has 0 bridgehead atoms. The Hall–Kier alpha value is -0.830. The van der Waals surface area contributed by atoms with Crippen LogP contribution in [0.5, 0.6) is 0 Å². The van der Waals surface area contributed by atoms with Crippen LogP contribution in [0.3, 0.4) is 0 Å². The Bertz CT molecular complexity index is 403. The number of aliphatic hydroxyl groups is 1. The van der Waals surface area contributed by atoms with E-state index in [4.69, 9.17) is 0 Å². The van der Waals surface area contributed by atoms with Gasteiger partial charge in [-0.05, 0) is 19.8 Å². The standard InChI is InChI=1S/C24H47N2O/c1-3-5-6-7-8-9-10-11-12-13-14-15-16-17-18-19-24-25(4-2)20-21-26(24)22-23-27/h18-19,27H,3-17,20-23H2,1-2H3/q+1. The van der Waals surface area contributed by atoms with Crippen molar-refractivity contribution in [2.24, 2.45) is 0 Å². The fraction of sp³-hybridized carbons (Fsp3) is 0.875. The zero-order chi connectivity index (χ0) is 19.6. The molecule has 1 heterocycles. The average molecular weight is 380 g/mol. The molecule has 0 aromatic rings. The lowest BCUT2D eigenvalue weighted by Gasteiger charge is -2.07. The molecule has 0 fully saturated rings. The second-order valence-corrected chi connectivity index (χ2v) is 8.08. The topological polar surface area (TPSA) is 26.5 Å². The zero-order valence-corrected chi connectivity index (χ0v) is 18.4. The van der Waals surface area contributed by atoms with Crippen molar-refractivity contribution in [3.05, 3.63) is 12.2 Å². The Morgan fingerprint density at radius 2 is 1.41 bits per heavy atom. The number of rotatable bonds is 18. The number of aliphatic hydroxyl groups excluding tert-OH is 1. The summed E-state index contributed by atoms with van der Waals surface area (Å²) < 4.78 is 2.31. The first-order valence-corrected chi connectivity index (χ1v) is 12.0. The maximum Gasteiger partial charge on any atom is 0.271 e. The van der Waals surface area contributed by atoms with Crippen LogP contribution in [0.2, 0.25) is 0 Å². The Morgan fingerprint density at radius 1 is 0.852 bits per heavy atom. The number of nitrogens with zero attached hydrogens (tertiary/aromatic N) is 2. The van der Waals surface area contributed by atoms with Crippen LogP contribution in [0.1, 0.15) is 104 Å². The fourth-order valence-corrected chi connectivity index (χ4v) is 4.02. The minimum Gasteiger partial charge on any atom is -0.392 e. The molecule has 1 rings (SSSR count). The van der Waals surface area contributed by atoms with Gasteiger partial charge in [0.25, 0.3) is 5.84 Å². The Labute approximate surface area is 169 Å². The highest BCUT2D eigenvalue weighted by Crippen LogP contribution is 2.13. The second kappa shape index (κ2) is 17.3. The van der Waals surface area contributed by atoms with E-state index < -0.39 is 0 Å². The largest absolute Gasteiger partial charge is 0.392 e. The average Bonchev–Trinajstić information content (AvgIpc) is 3.07. The van der Waals surface area contributed by atoms with Crippen LogP contribution >= 0.6 is 0 Å².